The number of nitrogens with zero attached hydrogens (tertiary/aromatic N) is 4. The monoisotopic (exact) mass is 503 g/mol. The summed E-state index contributed by atoms with van der Waals surface area (Å²) in [5.41, 5.74) is 5.46. The molecule has 3 aromatic heterocycles. The standard InChI is InChI=1S/C25H22BrN5S/c1-16-15-20(17(2)30(16)22-8-4-6-14-28-22)24-23(21-7-3-5-13-27-21)29-25(32)31(24)19-11-9-18(26)10-12-19/h3-15,23-24H,1-2H3,(H,29,32)/t23-,24-/m0/s1. The summed E-state index contributed by atoms with van der Waals surface area (Å²) < 4.78 is 3.23. The fourth-order valence-corrected chi connectivity index (χ4v) is 5.09. The SMILES string of the molecule is Cc1cc([C@H]2[C@H](c3ccccn3)NC(=S)N2c2ccc(Br)cc2)c(C)n1-c1ccccn1. The molecular weight excluding hydrogens is 482 g/mol. The van der Waals surface area contributed by atoms with Gasteiger partial charge in [-0.3, -0.25) is 4.98 Å². The third-order valence-electron chi connectivity index (χ3n) is 5.87. The maximum Gasteiger partial charge on any atom is 0.174 e. The predicted molar refractivity (Wildman–Crippen MR) is 135 cm³/mol. The molecule has 4 heterocycles. The van der Waals surface area contributed by atoms with E-state index in [1.165, 1.54) is 5.56 Å². The van der Waals surface area contributed by atoms with E-state index in [0.29, 0.717) is 5.11 Å². The molecule has 160 valence electrons. The van der Waals surface area contributed by atoms with Gasteiger partial charge < -0.3 is 14.8 Å². The second kappa shape index (κ2) is 8.48. The fourth-order valence-electron chi connectivity index (χ4n) is 4.48. The van der Waals surface area contributed by atoms with Crippen LogP contribution in [0.4, 0.5) is 5.69 Å². The summed E-state index contributed by atoms with van der Waals surface area (Å²) in [6, 6.07) is 22.4. The van der Waals surface area contributed by atoms with Crippen molar-refractivity contribution in [1.82, 2.24) is 19.9 Å². The van der Waals surface area contributed by atoms with E-state index in [2.05, 4.69) is 78.8 Å². The van der Waals surface area contributed by atoms with Gasteiger partial charge in [0.15, 0.2) is 5.11 Å². The molecule has 1 aliphatic heterocycles. The van der Waals surface area contributed by atoms with Crippen molar-refractivity contribution in [2.45, 2.75) is 25.9 Å². The highest BCUT2D eigenvalue weighted by Crippen LogP contribution is 2.43. The van der Waals surface area contributed by atoms with Gasteiger partial charge in [0.1, 0.15) is 5.82 Å². The average Bonchev–Trinajstić information content (AvgIpc) is 3.31. The highest BCUT2D eigenvalue weighted by molar-refractivity contribution is 9.10. The van der Waals surface area contributed by atoms with Crippen LogP contribution in [0.1, 0.15) is 34.7 Å². The molecule has 2 atom stereocenters. The van der Waals surface area contributed by atoms with Crippen LogP contribution in [-0.2, 0) is 0 Å². The van der Waals surface area contributed by atoms with Gasteiger partial charge in [-0.1, -0.05) is 28.1 Å². The number of aryl methyl sites for hydroxylation is 1. The maximum absolute atomic E-state index is 5.84. The van der Waals surface area contributed by atoms with Gasteiger partial charge in [0.25, 0.3) is 0 Å². The van der Waals surface area contributed by atoms with Crippen LogP contribution < -0.4 is 10.2 Å². The summed E-state index contributed by atoms with van der Waals surface area (Å²) >= 11 is 9.38. The Bertz CT molecular complexity index is 1260. The number of anilines is 1. The Hall–Kier alpha value is -3.03. The van der Waals surface area contributed by atoms with Crippen LogP contribution in [0.2, 0.25) is 0 Å². The molecule has 1 saturated heterocycles. The molecule has 1 aromatic carbocycles. The lowest BCUT2D eigenvalue weighted by atomic mass is 9.96. The molecule has 1 fully saturated rings. The van der Waals surface area contributed by atoms with E-state index in [1.807, 2.05) is 54.9 Å². The van der Waals surface area contributed by atoms with E-state index >= 15 is 0 Å². The fraction of sp³-hybridized carbons (Fsp3) is 0.160. The summed E-state index contributed by atoms with van der Waals surface area (Å²) in [6.07, 6.45) is 3.65. The van der Waals surface area contributed by atoms with Gasteiger partial charge >= 0.3 is 0 Å². The zero-order valence-corrected chi connectivity index (χ0v) is 20.1. The summed E-state index contributed by atoms with van der Waals surface area (Å²) in [6.45, 7) is 4.26. The average molecular weight is 504 g/mol. The zero-order valence-electron chi connectivity index (χ0n) is 17.7. The van der Waals surface area contributed by atoms with E-state index in [1.54, 1.807) is 0 Å². The van der Waals surface area contributed by atoms with Crippen molar-refractivity contribution in [1.29, 1.82) is 0 Å². The first kappa shape index (κ1) is 20.8. The van der Waals surface area contributed by atoms with Crippen LogP contribution in [0.25, 0.3) is 5.82 Å². The van der Waals surface area contributed by atoms with Gasteiger partial charge in [0.2, 0.25) is 0 Å². The first-order valence-electron chi connectivity index (χ1n) is 10.4. The molecule has 7 heteroatoms. The number of halogens is 1. The third-order valence-corrected chi connectivity index (χ3v) is 6.71. The Kier molecular flexibility index (Phi) is 5.53. The molecule has 0 amide bonds. The molecule has 0 unspecified atom stereocenters. The van der Waals surface area contributed by atoms with Crippen molar-refractivity contribution in [3.63, 3.8) is 0 Å². The van der Waals surface area contributed by atoms with Crippen LogP contribution in [0, 0.1) is 13.8 Å². The van der Waals surface area contributed by atoms with Gasteiger partial charge in [0.05, 0.1) is 17.8 Å². The number of thiocarbonyl (C=S) groups is 1. The Balaban J connectivity index is 1.68. The van der Waals surface area contributed by atoms with Crippen molar-refractivity contribution < 1.29 is 0 Å². The van der Waals surface area contributed by atoms with Gasteiger partial charge in [-0.15, -0.1) is 0 Å². The zero-order chi connectivity index (χ0) is 22.2. The Labute approximate surface area is 201 Å². The second-order valence-corrected chi connectivity index (χ2v) is 9.13. The summed E-state index contributed by atoms with van der Waals surface area (Å²) in [4.78, 5) is 11.4. The van der Waals surface area contributed by atoms with E-state index in [9.17, 15) is 0 Å². The van der Waals surface area contributed by atoms with E-state index in [4.69, 9.17) is 12.2 Å². The quantitative estimate of drug-likeness (QED) is 0.355. The number of benzene rings is 1. The van der Waals surface area contributed by atoms with Crippen LogP contribution in [-0.4, -0.2) is 19.6 Å². The third kappa shape index (κ3) is 3.61. The summed E-state index contributed by atoms with van der Waals surface area (Å²) in [7, 11) is 0. The molecule has 0 aliphatic carbocycles. The van der Waals surface area contributed by atoms with Gasteiger partial charge in [-0.05, 0) is 86.2 Å². The molecule has 1 N–H and O–H groups in total. The minimum Gasteiger partial charge on any atom is -0.351 e. The van der Waals surface area contributed by atoms with Crippen LogP contribution in [0.5, 0.6) is 0 Å². The van der Waals surface area contributed by atoms with Crippen molar-refractivity contribution >= 4 is 38.9 Å². The number of hydrogen-bond acceptors (Lipinski definition) is 3. The lowest BCUT2D eigenvalue weighted by Crippen LogP contribution is -2.29. The molecule has 32 heavy (non-hydrogen) atoms. The first-order chi connectivity index (χ1) is 15.5. The Morgan fingerprint density at radius 1 is 0.938 bits per heavy atom. The van der Waals surface area contributed by atoms with Crippen molar-refractivity contribution in [3.05, 3.63) is 106 Å². The van der Waals surface area contributed by atoms with Crippen molar-refractivity contribution in [2.75, 3.05) is 4.90 Å². The molecule has 0 bridgehead atoms. The van der Waals surface area contributed by atoms with E-state index in [-0.39, 0.29) is 12.1 Å². The number of rotatable bonds is 4. The van der Waals surface area contributed by atoms with Crippen LogP contribution in [0.15, 0.2) is 83.6 Å². The smallest absolute Gasteiger partial charge is 0.174 e. The lowest BCUT2D eigenvalue weighted by Gasteiger charge is -2.28. The van der Waals surface area contributed by atoms with Crippen LogP contribution in [0.3, 0.4) is 0 Å². The molecule has 4 aromatic rings. The maximum atomic E-state index is 5.84. The van der Waals surface area contributed by atoms with Crippen molar-refractivity contribution in [3.8, 4) is 5.82 Å². The minimum absolute atomic E-state index is 0.0535. The molecule has 1 aliphatic rings. The van der Waals surface area contributed by atoms with Crippen LogP contribution >= 0.6 is 28.1 Å². The van der Waals surface area contributed by atoms with E-state index in [0.717, 1.165) is 33.1 Å². The number of aromatic nitrogens is 3. The van der Waals surface area contributed by atoms with E-state index < -0.39 is 0 Å². The number of nitrogens with one attached hydrogen (secondary N) is 1. The topological polar surface area (TPSA) is 46.0 Å². The largest absolute Gasteiger partial charge is 0.351 e. The second-order valence-electron chi connectivity index (χ2n) is 7.82. The predicted octanol–water partition coefficient (Wildman–Crippen LogP) is 5.82. The molecular formula is C25H22BrN5S. The molecule has 5 rings (SSSR count). The highest BCUT2D eigenvalue weighted by atomic mass is 79.9. The Morgan fingerprint density at radius 2 is 1.66 bits per heavy atom. The summed E-state index contributed by atoms with van der Waals surface area (Å²) in [5.74, 6) is 0.909. The van der Waals surface area contributed by atoms with Gasteiger partial charge in [-0.25, -0.2) is 4.98 Å². The molecule has 5 nitrogen and oxygen atoms in total. The van der Waals surface area contributed by atoms with Crippen molar-refractivity contribution in [2.24, 2.45) is 0 Å². The highest BCUT2D eigenvalue weighted by Gasteiger charge is 2.42. The lowest BCUT2D eigenvalue weighted by molar-refractivity contribution is 0.565. The molecule has 0 radical (unpaired) electrons. The number of hydrogen-bond donors (Lipinski definition) is 1. The molecule has 0 spiro atoms. The summed E-state index contributed by atoms with van der Waals surface area (Å²) in [5, 5.41) is 4.23. The molecule has 0 saturated carbocycles. The minimum atomic E-state index is -0.0787. The first-order valence-corrected chi connectivity index (χ1v) is 11.6. The number of pyridine rings is 2. The van der Waals surface area contributed by atoms with Gasteiger partial charge in [-0.2, -0.15) is 0 Å². The van der Waals surface area contributed by atoms with Gasteiger partial charge in [0, 0.05) is 33.9 Å². The Morgan fingerprint density at radius 3 is 2.31 bits per heavy atom. The normalized spacial score (nSPS) is 18.1.